The number of hydrogen-bond acceptors (Lipinski definition) is 2. The molecule has 2 N–H and O–H groups in total. The van der Waals surface area contributed by atoms with E-state index in [-0.39, 0.29) is 16.6 Å². The Morgan fingerprint density at radius 2 is 1.88 bits per heavy atom. The summed E-state index contributed by atoms with van der Waals surface area (Å²) in [6.07, 6.45) is 0.660. The third-order valence-corrected chi connectivity index (χ3v) is 3.04. The Kier molecular flexibility index (Phi) is 4.98. The molecule has 0 spiro atoms. The Hall–Kier alpha value is -1.36. The number of rotatable bonds is 3. The second-order valence-corrected chi connectivity index (χ2v) is 4.29. The zero-order chi connectivity index (χ0) is 12.0. The smallest absolute Gasteiger partial charge is 0.269 e. The van der Waals surface area contributed by atoms with E-state index in [9.17, 15) is 9.59 Å². The van der Waals surface area contributed by atoms with E-state index in [0.717, 1.165) is 0 Å². The number of carbonyl (C=O) groups is 2. The third kappa shape index (κ3) is 3.66. The van der Waals surface area contributed by atoms with Crippen molar-refractivity contribution in [1.82, 2.24) is 10.9 Å². The monoisotopic (exact) mass is 284 g/mol. The average Bonchev–Trinajstić information content (AvgIpc) is 2.35. The molecule has 16 heavy (non-hydrogen) atoms. The number of amides is 2. The van der Waals surface area contributed by atoms with Gasteiger partial charge in [0.15, 0.2) is 0 Å². The number of nitrogens with one attached hydrogen (secondary N) is 2. The molecule has 0 aliphatic carbocycles. The molecular formula is C11H13BrN2O2. The molecule has 1 aromatic carbocycles. The molecule has 0 unspecified atom stereocenters. The van der Waals surface area contributed by atoms with E-state index in [0.29, 0.717) is 12.0 Å². The second kappa shape index (κ2) is 6.27. The molecule has 0 saturated carbocycles. The minimum Gasteiger partial charge on any atom is -0.272 e. The number of benzene rings is 1. The van der Waals surface area contributed by atoms with Crippen molar-refractivity contribution in [2.75, 3.05) is 0 Å². The van der Waals surface area contributed by atoms with E-state index in [2.05, 4.69) is 26.8 Å². The molecule has 1 rings (SSSR count). The quantitative estimate of drug-likeness (QED) is 0.655. The van der Waals surface area contributed by atoms with Crippen LogP contribution in [0.5, 0.6) is 0 Å². The second-order valence-electron chi connectivity index (χ2n) is 3.19. The van der Waals surface area contributed by atoms with Gasteiger partial charge in [-0.2, -0.15) is 0 Å². The summed E-state index contributed by atoms with van der Waals surface area (Å²) in [5.74, 6) is -0.587. The zero-order valence-corrected chi connectivity index (χ0v) is 10.5. The first-order valence-corrected chi connectivity index (χ1v) is 5.86. The maximum Gasteiger partial charge on any atom is 0.269 e. The highest BCUT2D eigenvalue weighted by atomic mass is 79.9. The molecule has 0 fully saturated rings. The summed E-state index contributed by atoms with van der Waals surface area (Å²) in [6, 6.07) is 8.69. The van der Waals surface area contributed by atoms with Gasteiger partial charge in [-0.25, -0.2) is 0 Å². The molecule has 2 amide bonds. The van der Waals surface area contributed by atoms with Crippen LogP contribution in [0.25, 0.3) is 0 Å². The molecule has 0 bridgehead atoms. The number of halogens is 1. The molecule has 0 aromatic heterocycles. The minimum absolute atomic E-state index is 0.258. The molecule has 1 aromatic rings. The fraction of sp³-hybridized carbons (Fsp3) is 0.273. The Labute approximate surface area is 103 Å². The van der Waals surface area contributed by atoms with Crippen LogP contribution >= 0.6 is 15.9 Å². The summed E-state index contributed by atoms with van der Waals surface area (Å²) < 4.78 is 0. The van der Waals surface area contributed by atoms with Gasteiger partial charge in [-0.15, -0.1) is 0 Å². The minimum atomic E-state index is -0.329. The van der Waals surface area contributed by atoms with E-state index in [1.807, 2.05) is 13.0 Å². The van der Waals surface area contributed by atoms with Crippen molar-refractivity contribution in [3.05, 3.63) is 35.9 Å². The Balaban J connectivity index is 2.45. The normalized spacial score (nSPS) is 11.6. The molecule has 0 heterocycles. The standard InChI is InChI=1S/C11H13BrN2O2/c1-2-9(12)11(16)14-13-10(15)8-6-4-3-5-7-8/h3-7,9H,2H2,1H3,(H,13,15)(H,14,16)/t9-/m0/s1. The van der Waals surface area contributed by atoms with Gasteiger partial charge in [0.2, 0.25) is 0 Å². The first kappa shape index (κ1) is 12.7. The third-order valence-electron chi connectivity index (χ3n) is 1.98. The van der Waals surface area contributed by atoms with Crippen LogP contribution in [0.1, 0.15) is 23.7 Å². The predicted molar refractivity (Wildman–Crippen MR) is 65.1 cm³/mol. The van der Waals surface area contributed by atoms with Crippen LogP contribution in [0.3, 0.4) is 0 Å². The van der Waals surface area contributed by atoms with Crippen molar-refractivity contribution in [2.24, 2.45) is 0 Å². The lowest BCUT2D eigenvalue weighted by atomic mass is 10.2. The van der Waals surface area contributed by atoms with Crippen molar-refractivity contribution < 1.29 is 9.59 Å². The zero-order valence-electron chi connectivity index (χ0n) is 8.87. The highest BCUT2D eigenvalue weighted by Crippen LogP contribution is 2.03. The highest BCUT2D eigenvalue weighted by Gasteiger charge is 2.13. The number of hydrazine groups is 1. The van der Waals surface area contributed by atoms with Gasteiger partial charge in [0.05, 0.1) is 4.83 Å². The molecular weight excluding hydrogens is 272 g/mol. The number of hydrogen-bond donors (Lipinski definition) is 2. The van der Waals surface area contributed by atoms with Crippen LogP contribution in [0.15, 0.2) is 30.3 Å². The summed E-state index contributed by atoms with van der Waals surface area (Å²) in [7, 11) is 0. The molecule has 0 saturated heterocycles. The summed E-state index contributed by atoms with van der Waals surface area (Å²) in [5.41, 5.74) is 5.20. The van der Waals surface area contributed by atoms with E-state index < -0.39 is 0 Å². The van der Waals surface area contributed by atoms with Gasteiger partial charge in [-0.05, 0) is 18.6 Å². The summed E-state index contributed by atoms with van der Waals surface area (Å²) >= 11 is 3.19. The van der Waals surface area contributed by atoms with E-state index in [4.69, 9.17) is 0 Å². The first-order chi connectivity index (χ1) is 7.65. The van der Waals surface area contributed by atoms with Crippen LogP contribution < -0.4 is 10.9 Å². The SMILES string of the molecule is CC[C@H](Br)C(=O)NNC(=O)c1ccccc1. The first-order valence-electron chi connectivity index (χ1n) is 4.94. The van der Waals surface area contributed by atoms with Crippen molar-refractivity contribution in [1.29, 1.82) is 0 Å². The predicted octanol–water partition coefficient (Wildman–Crippen LogP) is 1.62. The van der Waals surface area contributed by atoms with Gasteiger partial charge in [0.25, 0.3) is 11.8 Å². The van der Waals surface area contributed by atoms with Crippen molar-refractivity contribution in [2.45, 2.75) is 18.2 Å². The maximum atomic E-state index is 11.5. The van der Waals surface area contributed by atoms with Gasteiger partial charge >= 0.3 is 0 Å². The van der Waals surface area contributed by atoms with Crippen LogP contribution in [0.2, 0.25) is 0 Å². The number of carbonyl (C=O) groups excluding carboxylic acids is 2. The van der Waals surface area contributed by atoms with Crippen LogP contribution in [0.4, 0.5) is 0 Å². The molecule has 86 valence electrons. The van der Waals surface area contributed by atoms with Gasteiger partial charge < -0.3 is 0 Å². The van der Waals surface area contributed by atoms with Crippen LogP contribution in [0, 0.1) is 0 Å². The largest absolute Gasteiger partial charge is 0.272 e. The number of alkyl halides is 1. The highest BCUT2D eigenvalue weighted by molar-refractivity contribution is 9.10. The lowest BCUT2D eigenvalue weighted by Crippen LogP contribution is -2.44. The summed E-state index contributed by atoms with van der Waals surface area (Å²) in [6.45, 7) is 1.87. The molecule has 0 aliphatic rings. The van der Waals surface area contributed by atoms with E-state index in [1.54, 1.807) is 24.3 Å². The molecule has 5 heteroatoms. The average molecular weight is 285 g/mol. The van der Waals surface area contributed by atoms with Crippen LogP contribution in [-0.4, -0.2) is 16.6 Å². The summed E-state index contributed by atoms with van der Waals surface area (Å²) in [4.78, 5) is 22.6. The molecule has 1 atom stereocenters. The van der Waals surface area contributed by atoms with Crippen LogP contribution in [-0.2, 0) is 4.79 Å². The van der Waals surface area contributed by atoms with Crippen molar-refractivity contribution in [3.63, 3.8) is 0 Å². The van der Waals surface area contributed by atoms with Gasteiger partial charge in [-0.1, -0.05) is 41.1 Å². The Morgan fingerprint density at radius 1 is 1.25 bits per heavy atom. The molecule has 0 aliphatic heterocycles. The lowest BCUT2D eigenvalue weighted by Gasteiger charge is -2.09. The fourth-order valence-corrected chi connectivity index (χ4v) is 1.16. The maximum absolute atomic E-state index is 11.5. The lowest BCUT2D eigenvalue weighted by molar-refractivity contribution is -0.121. The summed E-state index contributed by atoms with van der Waals surface area (Å²) in [5, 5.41) is 0. The molecule has 4 nitrogen and oxygen atoms in total. The van der Waals surface area contributed by atoms with E-state index in [1.165, 1.54) is 0 Å². The van der Waals surface area contributed by atoms with E-state index >= 15 is 0 Å². The van der Waals surface area contributed by atoms with Gasteiger partial charge in [0, 0.05) is 5.56 Å². The Morgan fingerprint density at radius 3 is 2.44 bits per heavy atom. The Bertz CT molecular complexity index is 368. The fourth-order valence-electron chi connectivity index (χ4n) is 1.04. The van der Waals surface area contributed by atoms with Crippen molar-refractivity contribution >= 4 is 27.7 Å². The van der Waals surface area contributed by atoms with Gasteiger partial charge in [-0.3, -0.25) is 20.4 Å². The topological polar surface area (TPSA) is 58.2 Å². The molecule has 0 radical (unpaired) electrons. The van der Waals surface area contributed by atoms with Gasteiger partial charge in [0.1, 0.15) is 0 Å². The van der Waals surface area contributed by atoms with Crippen molar-refractivity contribution in [3.8, 4) is 0 Å².